The van der Waals surface area contributed by atoms with Gasteiger partial charge in [-0.3, -0.25) is 4.90 Å². The molecule has 5 heteroatoms. The van der Waals surface area contributed by atoms with Crippen molar-refractivity contribution >= 4 is 17.3 Å². The molecule has 3 rings (SSSR count). The summed E-state index contributed by atoms with van der Waals surface area (Å²) in [5.41, 5.74) is 0.899. The summed E-state index contributed by atoms with van der Waals surface area (Å²) in [6.07, 6.45) is 4.05. The van der Waals surface area contributed by atoms with Crippen molar-refractivity contribution in [1.82, 2.24) is 4.90 Å². The Morgan fingerprint density at radius 2 is 2.26 bits per heavy atom. The molecule has 0 unspecified atom stereocenters. The third-order valence-electron chi connectivity index (χ3n) is 3.32. The van der Waals surface area contributed by atoms with Gasteiger partial charge >= 0.3 is 5.97 Å². The highest BCUT2D eigenvalue weighted by molar-refractivity contribution is 7.12. The van der Waals surface area contributed by atoms with Gasteiger partial charge in [-0.2, -0.15) is 0 Å². The number of carboxylic acids is 1. The summed E-state index contributed by atoms with van der Waals surface area (Å²) >= 11 is 1.29. The number of rotatable bonds is 6. The molecule has 1 aliphatic carbocycles. The van der Waals surface area contributed by atoms with Crippen LogP contribution in [0.25, 0.3) is 0 Å². The van der Waals surface area contributed by atoms with Gasteiger partial charge in [0, 0.05) is 12.6 Å². The van der Waals surface area contributed by atoms with Crippen molar-refractivity contribution in [2.75, 3.05) is 0 Å². The van der Waals surface area contributed by atoms with Crippen LogP contribution in [0.1, 0.15) is 33.8 Å². The van der Waals surface area contributed by atoms with Crippen molar-refractivity contribution in [3.8, 4) is 0 Å². The van der Waals surface area contributed by atoms with E-state index >= 15 is 0 Å². The number of hydrogen-bond donors (Lipinski definition) is 1. The molecule has 100 valence electrons. The predicted molar refractivity (Wildman–Crippen MR) is 72.3 cm³/mol. The van der Waals surface area contributed by atoms with E-state index in [-0.39, 0.29) is 0 Å². The lowest BCUT2D eigenvalue weighted by atomic mass is 10.2. The summed E-state index contributed by atoms with van der Waals surface area (Å²) in [7, 11) is 0. The number of carboxylic acid groups (broad SMARTS) is 1. The summed E-state index contributed by atoms with van der Waals surface area (Å²) in [6.45, 7) is 1.42. The van der Waals surface area contributed by atoms with Gasteiger partial charge in [-0.1, -0.05) is 0 Å². The van der Waals surface area contributed by atoms with Crippen LogP contribution >= 0.6 is 11.3 Å². The Kier molecular flexibility index (Phi) is 3.40. The fraction of sp³-hybridized carbons (Fsp3) is 0.357. The molecule has 2 aromatic rings. The molecule has 0 bridgehead atoms. The summed E-state index contributed by atoms with van der Waals surface area (Å²) in [6, 6.07) is 6.31. The molecule has 0 spiro atoms. The van der Waals surface area contributed by atoms with Crippen molar-refractivity contribution in [2.45, 2.75) is 32.0 Å². The number of furan rings is 1. The minimum atomic E-state index is -0.834. The second-order valence-electron chi connectivity index (χ2n) is 4.80. The van der Waals surface area contributed by atoms with Crippen LogP contribution in [0.4, 0.5) is 0 Å². The van der Waals surface area contributed by atoms with E-state index in [1.54, 1.807) is 6.26 Å². The summed E-state index contributed by atoms with van der Waals surface area (Å²) < 4.78 is 5.38. The second kappa shape index (κ2) is 5.19. The molecule has 0 aromatic carbocycles. The third-order valence-corrected chi connectivity index (χ3v) is 4.26. The van der Waals surface area contributed by atoms with Crippen LogP contribution in [0.5, 0.6) is 0 Å². The van der Waals surface area contributed by atoms with Crippen LogP contribution in [0, 0.1) is 0 Å². The standard InChI is InChI=1S/C14H15NO3S/c16-14(17)13-10(5-7-19-13)8-15(11-3-4-11)9-12-2-1-6-18-12/h1-2,5-7,11H,3-4,8-9H2,(H,16,17). The molecule has 19 heavy (non-hydrogen) atoms. The van der Waals surface area contributed by atoms with Gasteiger partial charge in [0.05, 0.1) is 12.8 Å². The van der Waals surface area contributed by atoms with Crippen molar-refractivity contribution in [3.63, 3.8) is 0 Å². The molecule has 1 aliphatic rings. The van der Waals surface area contributed by atoms with E-state index in [9.17, 15) is 4.79 Å². The number of aromatic carboxylic acids is 1. The number of nitrogens with zero attached hydrogens (tertiary/aromatic N) is 1. The molecular formula is C14H15NO3S. The molecule has 2 aromatic heterocycles. The smallest absolute Gasteiger partial charge is 0.346 e. The van der Waals surface area contributed by atoms with Gasteiger partial charge in [-0.15, -0.1) is 11.3 Å². The zero-order valence-corrected chi connectivity index (χ0v) is 11.2. The first-order chi connectivity index (χ1) is 9.24. The van der Waals surface area contributed by atoms with Crippen molar-refractivity contribution < 1.29 is 14.3 Å². The zero-order valence-electron chi connectivity index (χ0n) is 10.4. The van der Waals surface area contributed by atoms with Crippen molar-refractivity contribution in [3.05, 3.63) is 46.0 Å². The van der Waals surface area contributed by atoms with E-state index in [0.29, 0.717) is 17.5 Å². The number of thiophene rings is 1. The Morgan fingerprint density at radius 3 is 2.89 bits per heavy atom. The van der Waals surface area contributed by atoms with E-state index in [4.69, 9.17) is 9.52 Å². The molecule has 0 atom stereocenters. The van der Waals surface area contributed by atoms with Crippen LogP contribution in [0.3, 0.4) is 0 Å². The molecule has 1 N–H and O–H groups in total. The summed E-state index contributed by atoms with van der Waals surface area (Å²) in [5.74, 6) is 0.0951. The molecule has 0 amide bonds. The van der Waals surface area contributed by atoms with Crippen LogP contribution in [-0.2, 0) is 13.1 Å². The van der Waals surface area contributed by atoms with Gasteiger partial charge in [0.2, 0.25) is 0 Å². The minimum Gasteiger partial charge on any atom is -0.477 e. The largest absolute Gasteiger partial charge is 0.477 e. The lowest BCUT2D eigenvalue weighted by molar-refractivity contribution is 0.0699. The molecule has 1 saturated carbocycles. The van der Waals surface area contributed by atoms with Gasteiger partial charge in [-0.25, -0.2) is 4.79 Å². The monoisotopic (exact) mass is 277 g/mol. The molecule has 2 heterocycles. The Bertz CT molecular complexity index is 557. The lowest BCUT2D eigenvalue weighted by Gasteiger charge is -2.20. The fourth-order valence-corrected chi connectivity index (χ4v) is 2.98. The second-order valence-corrected chi connectivity index (χ2v) is 5.71. The third kappa shape index (κ3) is 2.88. The van der Waals surface area contributed by atoms with E-state index in [0.717, 1.165) is 17.9 Å². The highest BCUT2D eigenvalue weighted by Crippen LogP contribution is 2.31. The summed E-state index contributed by atoms with van der Waals surface area (Å²) in [4.78, 5) is 13.9. The lowest BCUT2D eigenvalue weighted by Crippen LogP contribution is -2.25. The summed E-state index contributed by atoms with van der Waals surface area (Å²) in [5, 5.41) is 11.0. The molecule has 0 radical (unpaired) electrons. The van der Waals surface area contributed by atoms with Gasteiger partial charge in [-0.05, 0) is 42.0 Å². The van der Waals surface area contributed by atoms with Crippen LogP contribution in [0.15, 0.2) is 34.3 Å². The topological polar surface area (TPSA) is 53.7 Å². The maximum absolute atomic E-state index is 11.1. The molecule has 0 saturated heterocycles. The highest BCUT2D eigenvalue weighted by atomic mass is 32.1. The van der Waals surface area contributed by atoms with Crippen molar-refractivity contribution in [2.24, 2.45) is 0 Å². The average Bonchev–Trinajstić information content (AvgIpc) is 2.90. The van der Waals surface area contributed by atoms with E-state index in [2.05, 4.69) is 4.90 Å². The molecular weight excluding hydrogens is 262 g/mol. The van der Waals surface area contributed by atoms with Crippen LogP contribution < -0.4 is 0 Å². The first-order valence-corrected chi connectivity index (χ1v) is 7.18. The molecule has 0 aliphatic heterocycles. The van der Waals surface area contributed by atoms with Gasteiger partial charge in [0.25, 0.3) is 0 Å². The number of carbonyl (C=O) groups is 1. The average molecular weight is 277 g/mol. The fourth-order valence-electron chi connectivity index (χ4n) is 2.22. The Morgan fingerprint density at radius 1 is 1.42 bits per heavy atom. The predicted octanol–water partition coefficient (Wildman–Crippen LogP) is 3.20. The Labute approximate surface area is 115 Å². The first kappa shape index (κ1) is 12.4. The number of hydrogen-bond acceptors (Lipinski definition) is 4. The maximum Gasteiger partial charge on any atom is 0.346 e. The van der Waals surface area contributed by atoms with Gasteiger partial charge < -0.3 is 9.52 Å². The van der Waals surface area contributed by atoms with E-state index in [1.807, 2.05) is 23.6 Å². The first-order valence-electron chi connectivity index (χ1n) is 6.30. The molecule has 1 fully saturated rings. The maximum atomic E-state index is 11.1. The van der Waals surface area contributed by atoms with Crippen LogP contribution in [0.2, 0.25) is 0 Å². The minimum absolute atomic E-state index is 0.449. The highest BCUT2D eigenvalue weighted by Gasteiger charge is 2.30. The van der Waals surface area contributed by atoms with Crippen molar-refractivity contribution in [1.29, 1.82) is 0 Å². The van der Waals surface area contributed by atoms with E-state index in [1.165, 1.54) is 24.2 Å². The Balaban J connectivity index is 1.74. The molecule has 4 nitrogen and oxygen atoms in total. The Hall–Kier alpha value is -1.59. The quantitative estimate of drug-likeness (QED) is 0.881. The van der Waals surface area contributed by atoms with E-state index < -0.39 is 5.97 Å². The normalized spacial score (nSPS) is 15.0. The van der Waals surface area contributed by atoms with Crippen LogP contribution in [-0.4, -0.2) is 22.0 Å². The van der Waals surface area contributed by atoms with Gasteiger partial charge in [0.1, 0.15) is 10.6 Å². The zero-order chi connectivity index (χ0) is 13.2. The SMILES string of the molecule is O=C(O)c1sccc1CN(Cc1ccco1)C1CC1. The van der Waals surface area contributed by atoms with Gasteiger partial charge in [0.15, 0.2) is 0 Å².